The molecule has 0 saturated carbocycles. The number of aryl methyl sites for hydroxylation is 1. The second-order valence-electron chi connectivity index (χ2n) is 6.57. The molecular weight excluding hydrogens is 298 g/mol. The van der Waals surface area contributed by atoms with E-state index in [1.165, 1.54) is 24.0 Å². The van der Waals surface area contributed by atoms with Gasteiger partial charge in [0.1, 0.15) is 0 Å². The third-order valence-electron chi connectivity index (χ3n) is 4.92. The maximum Gasteiger partial charge on any atom is 0.317 e. The molecule has 5 heteroatoms. The van der Waals surface area contributed by atoms with Crippen molar-refractivity contribution in [3.05, 3.63) is 35.4 Å². The van der Waals surface area contributed by atoms with E-state index in [2.05, 4.69) is 35.8 Å². The van der Waals surface area contributed by atoms with Gasteiger partial charge in [-0.15, -0.1) is 12.4 Å². The molecule has 1 aromatic carbocycles. The molecule has 2 aliphatic rings. The normalized spacial score (nSPS) is 19.8. The first-order valence-electron chi connectivity index (χ1n) is 7.96. The molecule has 3 rings (SSSR count). The van der Waals surface area contributed by atoms with Crippen molar-refractivity contribution in [2.24, 2.45) is 5.41 Å². The standard InChI is InChI=1S/C17H25N3O.ClH/c1-14-3-2-4-15(11-14)12-19-16(21)20-10-7-17(13-20)5-8-18-9-6-17;/h2-4,11,18H,5-10,12-13H2,1H3,(H,19,21);1H. The number of likely N-dealkylation sites (tertiary alicyclic amines) is 1. The summed E-state index contributed by atoms with van der Waals surface area (Å²) >= 11 is 0. The van der Waals surface area contributed by atoms with E-state index in [1.807, 2.05) is 11.0 Å². The minimum atomic E-state index is 0. The minimum absolute atomic E-state index is 0. The molecule has 2 N–H and O–H groups in total. The average Bonchev–Trinajstić information content (AvgIpc) is 2.89. The number of nitrogens with zero attached hydrogens (tertiary/aromatic N) is 1. The lowest BCUT2D eigenvalue weighted by molar-refractivity contribution is 0.183. The van der Waals surface area contributed by atoms with Crippen LogP contribution in [0.15, 0.2) is 24.3 Å². The van der Waals surface area contributed by atoms with Crippen LogP contribution < -0.4 is 10.6 Å². The van der Waals surface area contributed by atoms with Crippen molar-refractivity contribution >= 4 is 18.4 Å². The first kappa shape index (κ1) is 17.1. The number of nitrogens with one attached hydrogen (secondary N) is 2. The number of piperidine rings is 1. The molecule has 1 aromatic rings. The van der Waals surface area contributed by atoms with Crippen LogP contribution in [0.3, 0.4) is 0 Å². The Morgan fingerprint density at radius 2 is 2.09 bits per heavy atom. The Bertz CT molecular complexity index is 514. The Labute approximate surface area is 139 Å². The van der Waals surface area contributed by atoms with E-state index in [4.69, 9.17) is 0 Å². The number of benzene rings is 1. The Hall–Kier alpha value is -1.26. The molecule has 0 unspecified atom stereocenters. The molecule has 1 spiro atoms. The predicted molar refractivity (Wildman–Crippen MR) is 91.4 cm³/mol. The van der Waals surface area contributed by atoms with E-state index in [0.29, 0.717) is 12.0 Å². The summed E-state index contributed by atoms with van der Waals surface area (Å²) in [5.74, 6) is 0. The van der Waals surface area contributed by atoms with Crippen LogP contribution in [-0.2, 0) is 6.54 Å². The van der Waals surface area contributed by atoms with E-state index >= 15 is 0 Å². The van der Waals surface area contributed by atoms with Crippen molar-refractivity contribution < 1.29 is 4.79 Å². The largest absolute Gasteiger partial charge is 0.334 e. The van der Waals surface area contributed by atoms with Crippen LogP contribution in [0, 0.1) is 12.3 Å². The zero-order chi connectivity index (χ0) is 14.7. The van der Waals surface area contributed by atoms with Gasteiger partial charge in [0.25, 0.3) is 0 Å². The molecule has 2 fully saturated rings. The van der Waals surface area contributed by atoms with Crippen molar-refractivity contribution in [3.8, 4) is 0 Å². The SMILES string of the molecule is Cc1cccc(CNC(=O)N2CCC3(CCNCC3)C2)c1.Cl. The van der Waals surface area contributed by atoms with Gasteiger partial charge < -0.3 is 15.5 Å². The van der Waals surface area contributed by atoms with Crippen LogP contribution in [0.2, 0.25) is 0 Å². The number of hydrogen-bond acceptors (Lipinski definition) is 2. The van der Waals surface area contributed by atoms with Crippen molar-refractivity contribution in [1.82, 2.24) is 15.5 Å². The van der Waals surface area contributed by atoms with Crippen LogP contribution in [0.25, 0.3) is 0 Å². The number of carbonyl (C=O) groups is 1. The summed E-state index contributed by atoms with van der Waals surface area (Å²) in [5.41, 5.74) is 2.78. The predicted octanol–water partition coefficient (Wildman–Crippen LogP) is 2.70. The fraction of sp³-hybridized carbons (Fsp3) is 0.588. The molecule has 122 valence electrons. The van der Waals surface area contributed by atoms with Crippen molar-refractivity contribution in [3.63, 3.8) is 0 Å². The highest BCUT2D eigenvalue weighted by Crippen LogP contribution is 2.38. The summed E-state index contributed by atoms with van der Waals surface area (Å²) in [5, 5.41) is 6.47. The highest BCUT2D eigenvalue weighted by molar-refractivity contribution is 5.85. The summed E-state index contributed by atoms with van der Waals surface area (Å²) in [6.45, 7) is 6.71. The molecule has 2 saturated heterocycles. The van der Waals surface area contributed by atoms with Gasteiger partial charge in [0.05, 0.1) is 0 Å². The lowest BCUT2D eigenvalue weighted by atomic mass is 9.78. The van der Waals surface area contributed by atoms with E-state index in [1.54, 1.807) is 0 Å². The smallest absolute Gasteiger partial charge is 0.317 e. The molecule has 0 aromatic heterocycles. The van der Waals surface area contributed by atoms with Gasteiger partial charge >= 0.3 is 6.03 Å². The van der Waals surface area contributed by atoms with Crippen LogP contribution >= 0.6 is 12.4 Å². The molecule has 0 bridgehead atoms. The van der Waals surface area contributed by atoms with Gasteiger partial charge in [0.15, 0.2) is 0 Å². The lowest BCUT2D eigenvalue weighted by Gasteiger charge is -2.33. The zero-order valence-corrected chi connectivity index (χ0v) is 14.0. The van der Waals surface area contributed by atoms with Crippen molar-refractivity contribution in [2.45, 2.75) is 32.7 Å². The Morgan fingerprint density at radius 3 is 2.82 bits per heavy atom. The topological polar surface area (TPSA) is 44.4 Å². The molecule has 0 atom stereocenters. The monoisotopic (exact) mass is 323 g/mol. The Kier molecular flexibility index (Phi) is 5.70. The number of carbonyl (C=O) groups excluding carboxylic acids is 1. The molecule has 2 amide bonds. The van der Waals surface area contributed by atoms with Gasteiger partial charge in [-0.05, 0) is 50.3 Å². The summed E-state index contributed by atoms with van der Waals surface area (Å²) in [4.78, 5) is 14.3. The summed E-state index contributed by atoms with van der Waals surface area (Å²) in [6.07, 6.45) is 3.57. The number of rotatable bonds is 2. The molecule has 2 aliphatic heterocycles. The van der Waals surface area contributed by atoms with Crippen LogP contribution in [0.4, 0.5) is 4.79 Å². The van der Waals surface area contributed by atoms with Crippen molar-refractivity contribution in [1.29, 1.82) is 0 Å². The second kappa shape index (κ2) is 7.34. The number of hydrogen-bond donors (Lipinski definition) is 2. The van der Waals surface area contributed by atoms with Gasteiger partial charge in [-0.3, -0.25) is 0 Å². The third-order valence-corrected chi connectivity index (χ3v) is 4.92. The van der Waals surface area contributed by atoms with E-state index in [0.717, 1.165) is 32.6 Å². The fourth-order valence-electron chi connectivity index (χ4n) is 3.59. The molecule has 4 nitrogen and oxygen atoms in total. The molecule has 22 heavy (non-hydrogen) atoms. The fourth-order valence-corrected chi connectivity index (χ4v) is 3.59. The molecule has 0 aliphatic carbocycles. The number of urea groups is 1. The average molecular weight is 324 g/mol. The van der Waals surface area contributed by atoms with E-state index < -0.39 is 0 Å². The highest BCUT2D eigenvalue weighted by Gasteiger charge is 2.40. The van der Waals surface area contributed by atoms with Crippen molar-refractivity contribution in [2.75, 3.05) is 26.2 Å². The maximum absolute atomic E-state index is 12.3. The maximum atomic E-state index is 12.3. The van der Waals surface area contributed by atoms with E-state index in [-0.39, 0.29) is 18.4 Å². The summed E-state index contributed by atoms with van der Waals surface area (Å²) in [6, 6.07) is 8.39. The third kappa shape index (κ3) is 3.93. The van der Waals surface area contributed by atoms with Crippen LogP contribution in [0.1, 0.15) is 30.4 Å². The second-order valence-corrected chi connectivity index (χ2v) is 6.57. The van der Waals surface area contributed by atoms with Gasteiger partial charge in [-0.25, -0.2) is 4.79 Å². The van der Waals surface area contributed by atoms with Gasteiger partial charge in [0.2, 0.25) is 0 Å². The number of amides is 2. The first-order valence-corrected chi connectivity index (χ1v) is 7.96. The molecule has 2 heterocycles. The summed E-state index contributed by atoms with van der Waals surface area (Å²) < 4.78 is 0. The van der Waals surface area contributed by atoms with Gasteiger partial charge in [-0.2, -0.15) is 0 Å². The van der Waals surface area contributed by atoms with E-state index in [9.17, 15) is 4.79 Å². The quantitative estimate of drug-likeness (QED) is 0.879. The minimum Gasteiger partial charge on any atom is -0.334 e. The Morgan fingerprint density at radius 1 is 1.32 bits per heavy atom. The van der Waals surface area contributed by atoms with Gasteiger partial charge in [-0.1, -0.05) is 29.8 Å². The Balaban J connectivity index is 0.00000176. The molecular formula is C17H26ClN3O. The highest BCUT2D eigenvalue weighted by atomic mass is 35.5. The number of halogens is 1. The first-order chi connectivity index (χ1) is 10.2. The molecule has 0 radical (unpaired) electrons. The summed E-state index contributed by atoms with van der Waals surface area (Å²) in [7, 11) is 0. The van der Waals surface area contributed by atoms with Crippen LogP contribution in [0.5, 0.6) is 0 Å². The van der Waals surface area contributed by atoms with Gasteiger partial charge in [0, 0.05) is 19.6 Å². The zero-order valence-electron chi connectivity index (χ0n) is 13.2. The lowest BCUT2D eigenvalue weighted by Crippen LogP contribution is -2.42. The van der Waals surface area contributed by atoms with Crippen LogP contribution in [-0.4, -0.2) is 37.1 Å².